The van der Waals surface area contributed by atoms with E-state index in [1.165, 1.54) is 152 Å². The third-order valence-corrected chi connectivity index (χ3v) is 16.8. The van der Waals surface area contributed by atoms with Crippen molar-refractivity contribution in [3.05, 3.63) is 196 Å². The molecular formula is C60H59N. The lowest BCUT2D eigenvalue weighted by Crippen LogP contribution is -2.32. The summed E-state index contributed by atoms with van der Waals surface area (Å²) in [6.45, 7) is 0. The summed E-state index contributed by atoms with van der Waals surface area (Å²) in [7, 11) is 0. The second-order valence-corrected chi connectivity index (χ2v) is 19.7. The highest BCUT2D eigenvalue weighted by Gasteiger charge is 2.48. The molecule has 6 aliphatic carbocycles. The molecule has 0 radical (unpaired) electrons. The van der Waals surface area contributed by atoms with Crippen LogP contribution >= 0.6 is 0 Å². The molecule has 304 valence electrons. The minimum atomic E-state index is 0.140. The van der Waals surface area contributed by atoms with E-state index < -0.39 is 0 Å². The Morgan fingerprint density at radius 3 is 1.28 bits per heavy atom. The fourth-order valence-electron chi connectivity index (χ4n) is 14.0. The molecule has 3 spiro atoms. The van der Waals surface area contributed by atoms with Gasteiger partial charge in [0, 0.05) is 33.3 Å². The minimum Gasteiger partial charge on any atom is -0.311 e. The van der Waals surface area contributed by atoms with Crippen molar-refractivity contribution in [2.24, 2.45) is 0 Å². The average Bonchev–Trinajstić information content (AvgIpc) is 3.93. The summed E-state index contributed by atoms with van der Waals surface area (Å²) in [5.41, 5.74) is 20.6. The maximum Gasteiger partial charge on any atom is 0.0462 e. The van der Waals surface area contributed by atoms with E-state index in [9.17, 15) is 0 Å². The summed E-state index contributed by atoms with van der Waals surface area (Å²) >= 11 is 0. The monoisotopic (exact) mass is 793 g/mol. The largest absolute Gasteiger partial charge is 0.311 e. The molecule has 61 heavy (non-hydrogen) atoms. The summed E-state index contributed by atoms with van der Waals surface area (Å²) < 4.78 is 0. The zero-order chi connectivity index (χ0) is 40.4. The van der Waals surface area contributed by atoms with Crippen molar-refractivity contribution in [1.29, 1.82) is 0 Å². The zero-order valence-electron chi connectivity index (χ0n) is 35.8. The van der Waals surface area contributed by atoms with Gasteiger partial charge in [-0.25, -0.2) is 0 Å². The van der Waals surface area contributed by atoms with Crippen molar-refractivity contribution in [2.75, 3.05) is 4.90 Å². The standard InChI is InChI=1S/C60H59N/c1-10-34-58(35-11-1)52-19-7-4-16-46(52)40-55(58)43-22-28-49(29-23-43)61(50-30-24-44(25-31-50)56-41-47-17-5-8-20-53(47)59(56)36-12-2-13-37-59)51-32-26-45(27-33-51)57-42-48-18-6-9-21-54(48)60(57)38-14-3-15-39-60/h4-9,16-33,40-41,57H,1-3,10-15,34-39,42H2. The molecule has 6 aromatic rings. The highest BCUT2D eigenvalue weighted by Crippen LogP contribution is 2.58. The Labute approximate surface area is 364 Å². The Hall–Kier alpha value is -5.40. The van der Waals surface area contributed by atoms with E-state index in [1.807, 2.05) is 0 Å². The first-order valence-corrected chi connectivity index (χ1v) is 24.0. The van der Waals surface area contributed by atoms with Gasteiger partial charge in [0.25, 0.3) is 0 Å². The predicted octanol–water partition coefficient (Wildman–Crippen LogP) is 16.2. The number of rotatable bonds is 6. The second kappa shape index (κ2) is 14.9. The highest BCUT2D eigenvalue weighted by atomic mass is 15.1. The summed E-state index contributed by atoms with van der Waals surface area (Å²) in [6.07, 6.45) is 25.8. The smallest absolute Gasteiger partial charge is 0.0462 e. The number of benzene rings is 6. The Kier molecular flexibility index (Phi) is 9.13. The Morgan fingerprint density at radius 2 is 0.787 bits per heavy atom. The lowest BCUT2D eigenvalue weighted by atomic mass is 9.63. The van der Waals surface area contributed by atoms with Gasteiger partial charge in [0.05, 0.1) is 0 Å². The quantitative estimate of drug-likeness (QED) is 0.162. The number of allylic oxidation sites excluding steroid dienone is 2. The SMILES string of the molecule is C1=C(c2ccc(N(c3ccc(C4=Cc5ccccc5C45CCCCC5)cc3)c3ccc(C4Cc5ccccc5C45CCCCC5)cc3)cc2)C2(CCCCC2)c2ccccc21. The Balaban J connectivity index is 0.921. The Morgan fingerprint density at radius 1 is 0.377 bits per heavy atom. The number of hydrogen-bond acceptors (Lipinski definition) is 1. The zero-order valence-corrected chi connectivity index (χ0v) is 35.8. The minimum absolute atomic E-state index is 0.140. The van der Waals surface area contributed by atoms with Crippen LogP contribution in [0.1, 0.15) is 152 Å². The molecule has 0 amide bonds. The molecule has 0 aromatic heterocycles. The van der Waals surface area contributed by atoms with Crippen LogP contribution in [0.5, 0.6) is 0 Å². The Bertz CT molecular complexity index is 2510. The van der Waals surface area contributed by atoms with Crippen molar-refractivity contribution in [3.8, 4) is 0 Å². The van der Waals surface area contributed by atoms with Crippen molar-refractivity contribution >= 4 is 40.4 Å². The maximum atomic E-state index is 2.51. The van der Waals surface area contributed by atoms with E-state index in [2.05, 4.69) is 163 Å². The fourth-order valence-corrected chi connectivity index (χ4v) is 14.0. The van der Waals surface area contributed by atoms with Crippen molar-refractivity contribution < 1.29 is 0 Å². The van der Waals surface area contributed by atoms with E-state index >= 15 is 0 Å². The van der Waals surface area contributed by atoms with Crippen LogP contribution in [0.4, 0.5) is 17.1 Å². The maximum absolute atomic E-state index is 2.51. The molecule has 1 atom stereocenters. The molecule has 0 heterocycles. The van der Waals surface area contributed by atoms with Gasteiger partial charge < -0.3 is 4.90 Å². The van der Waals surface area contributed by atoms with Crippen molar-refractivity contribution in [3.63, 3.8) is 0 Å². The van der Waals surface area contributed by atoms with Crippen LogP contribution in [0.25, 0.3) is 23.3 Å². The highest BCUT2D eigenvalue weighted by molar-refractivity contribution is 5.96. The van der Waals surface area contributed by atoms with Gasteiger partial charge in [-0.3, -0.25) is 0 Å². The van der Waals surface area contributed by atoms with Crippen molar-refractivity contribution in [2.45, 2.75) is 125 Å². The van der Waals surface area contributed by atoms with E-state index in [0.29, 0.717) is 5.92 Å². The number of fused-ring (bicyclic) bond motifs is 6. The molecule has 0 bridgehead atoms. The predicted molar refractivity (Wildman–Crippen MR) is 257 cm³/mol. The summed E-state index contributed by atoms with van der Waals surface area (Å²) in [5, 5.41) is 0. The first-order chi connectivity index (χ1) is 30.2. The summed E-state index contributed by atoms with van der Waals surface area (Å²) in [4.78, 5) is 2.51. The molecule has 1 heteroatoms. The number of hydrogen-bond donors (Lipinski definition) is 0. The molecule has 6 aromatic carbocycles. The molecule has 1 nitrogen and oxygen atoms in total. The van der Waals surface area contributed by atoms with Gasteiger partial charge in [0.2, 0.25) is 0 Å². The van der Waals surface area contributed by atoms with Gasteiger partial charge in [-0.1, -0.05) is 167 Å². The first-order valence-electron chi connectivity index (χ1n) is 24.0. The molecule has 0 saturated heterocycles. The van der Waals surface area contributed by atoms with Crippen LogP contribution in [0, 0.1) is 0 Å². The third kappa shape index (κ3) is 5.93. The first kappa shape index (κ1) is 37.4. The molecule has 3 saturated carbocycles. The molecule has 12 rings (SSSR count). The third-order valence-electron chi connectivity index (χ3n) is 16.8. The lowest BCUT2D eigenvalue weighted by Gasteiger charge is -2.40. The van der Waals surface area contributed by atoms with Crippen LogP contribution in [0.3, 0.4) is 0 Å². The second-order valence-electron chi connectivity index (χ2n) is 19.7. The molecule has 6 aliphatic rings. The van der Waals surface area contributed by atoms with Gasteiger partial charge in [0.1, 0.15) is 0 Å². The van der Waals surface area contributed by atoms with Crippen LogP contribution in [-0.2, 0) is 22.7 Å². The van der Waals surface area contributed by atoms with Crippen LogP contribution < -0.4 is 4.90 Å². The van der Waals surface area contributed by atoms with Gasteiger partial charge in [-0.2, -0.15) is 0 Å². The number of anilines is 3. The fraction of sp³-hybridized carbons (Fsp3) is 0.333. The van der Waals surface area contributed by atoms with Gasteiger partial charge in [-0.05, 0) is 161 Å². The van der Waals surface area contributed by atoms with E-state index in [4.69, 9.17) is 0 Å². The topological polar surface area (TPSA) is 3.24 Å². The van der Waals surface area contributed by atoms with Crippen molar-refractivity contribution in [1.82, 2.24) is 0 Å². The molecule has 1 unspecified atom stereocenters. The van der Waals surface area contributed by atoms with Crippen LogP contribution in [0.15, 0.2) is 146 Å². The van der Waals surface area contributed by atoms with E-state index in [-0.39, 0.29) is 16.2 Å². The summed E-state index contributed by atoms with van der Waals surface area (Å²) in [6, 6.07) is 56.9. The summed E-state index contributed by atoms with van der Waals surface area (Å²) in [5.74, 6) is 0.540. The molecular weight excluding hydrogens is 735 g/mol. The van der Waals surface area contributed by atoms with Crippen LogP contribution in [-0.4, -0.2) is 0 Å². The number of nitrogens with zero attached hydrogens (tertiary/aromatic N) is 1. The van der Waals surface area contributed by atoms with E-state index in [1.54, 1.807) is 22.3 Å². The van der Waals surface area contributed by atoms with Gasteiger partial charge in [-0.15, -0.1) is 0 Å². The van der Waals surface area contributed by atoms with Gasteiger partial charge in [0.15, 0.2) is 0 Å². The van der Waals surface area contributed by atoms with Gasteiger partial charge >= 0.3 is 0 Å². The normalized spacial score (nSPS) is 21.5. The molecule has 0 aliphatic heterocycles. The lowest BCUT2D eigenvalue weighted by molar-refractivity contribution is 0.259. The average molecular weight is 794 g/mol. The van der Waals surface area contributed by atoms with Crippen LogP contribution in [0.2, 0.25) is 0 Å². The molecule has 3 fully saturated rings. The molecule has 0 N–H and O–H groups in total. The van der Waals surface area contributed by atoms with E-state index in [0.717, 1.165) is 6.42 Å².